The van der Waals surface area contributed by atoms with Crippen molar-refractivity contribution in [3.63, 3.8) is 0 Å². The predicted octanol–water partition coefficient (Wildman–Crippen LogP) is 2.97. The lowest BCUT2D eigenvalue weighted by Crippen LogP contribution is -2.52. The second kappa shape index (κ2) is 11.5. The molecule has 1 amide bonds. The summed E-state index contributed by atoms with van der Waals surface area (Å²) in [6.07, 6.45) is 3.71. The average Bonchev–Trinajstić information content (AvgIpc) is 2.61. The van der Waals surface area contributed by atoms with Crippen molar-refractivity contribution >= 4 is 12.1 Å². The molecule has 0 aliphatic carbocycles. The van der Waals surface area contributed by atoms with E-state index in [0.717, 1.165) is 38.4 Å². The number of likely N-dealkylation sites (tertiary alicyclic amines) is 1. The Bertz CT molecular complexity index is 498. The number of piperidine rings is 1. The maximum Gasteiger partial charge on any atom is 0.408 e. The summed E-state index contributed by atoms with van der Waals surface area (Å²) in [7, 11) is 2.19. The Morgan fingerprint density at radius 2 is 1.86 bits per heavy atom. The molecule has 3 N–H and O–H groups in total. The number of hydrogen-bond donors (Lipinski definition) is 3. The highest BCUT2D eigenvalue weighted by Crippen LogP contribution is 2.18. The highest BCUT2D eigenvalue weighted by Gasteiger charge is 2.30. The number of nitrogens with one attached hydrogen (secondary N) is 3. The molecule has 0 saturated carbocycles. The quantitative estimate of drug-likeness (QED) is 0.433. The third-order valence-electron chi connectivity index (χ3n) is 5.28. The molecule has 0 bridgehead atoms. The number of carbonyl (C=O) groups excluding carboxylic acids is 1. The fourth-order valence-electron chi connectivity index (χ4n) is 3.46. The number of nitrogens with zero attached hydrogens (tertiary/aromatic N) is 2. The zero-order chi connectivity index (χ0) is 21.2. The standard InChI is InChI=1S/C21H43N5O2/c1-8-21(9-2,25-19(27)28-20(4,5)6)16-24-18(22-10-3)23-14-17-12-11-13-26(7)15-17/h17H,8-16H2,1-7H3,(H,25,27)(H2,22,23,24). The molecular weight excluding hydrogens is 354 g/mol. The van der Waals surface area contributed by atoms with Crippen molar-refractivity contribution in [2.75, 3.05) is 39.8 Å². The van der Waals surface area contributed by atoms with E-state index in [2.05, 4.69) is 48.7 Å². The minimum absolute atomic E-state index is 0.380. The number of carbonyl (C=O) groups is 1. The molecule has 7 heteroatoms. The highest BCUT2D eigenvalue weighted by atomic mass is 16.6. The van der Waals surface area contributed by atoms with E-state index in [-0.39, 0.29) is 6.09 Å². The van der Waals surface area contributed by atoms with Crippen LogP contribution in [0.1, 0.15) is 67.2 Å². The van der Waals surface area contributed by atoms with Crippen LogP contribution in [-0.2, 0) is 4.74 Å². The molecule has 1 atom stereocenters. The average molecular weight is 398 g/mol. The maximum absolute atomic E-state index is 12.3. The van der Waals surface area contributed by atoms with Crippen LogP contribution in [0.2, 0.25) is 0 Å². The molecule has 1 saturated heterocycles. The van der Waals surface area contributed by atoms with Crippen molar-refractivity contribution in [3.8, 4) is 0 Å². The second-order valence-corrected chi connectivity index (χ2v) is 8.96. The van der Waals surface area contributed by atoms with E-state index in [0.29, 0.717) is 12.5 Å². The summed E-state index contributed by atoms with van der Waals surface area (Å²) in [5, 5.41) is 9.88. The van der Waals surface area contributed by atoms with Gasteiger partial charge < -0.3 is 25.6 Å². The molecule has 28 heavy (non-hydrogen) atoms. The lowest BCUT2D eigenvalue weighted by Gasteiger charge is -2.33. The van der Waals surface area contributed by atoms with Crippen molar-refractivity contribution in [1.29, 1.82) is 0 Å². The minimum Gasteiger partial charge on any atom is -0.444 e. The number of amides is 1. The lowest BCUT2D eigenvalue weighted by atomic mass is 9.93. The number of ether oxygens (including phenoxy) is 1. The van der Waals surface area contributed by atoms with E-state index in [9.17, 15) is 4.79 Å². The van der Waals surface area contributed by atoms with Crippen molar-refractivity contribution in [2.24, 2.45) is 10.9 Å². The molecule has 7 nitrogen and oxygen atoms in total. The molecule has 164 valence electrons. The smallest absolute Gasteiger partial charge is 0.408 e. The van der Waals surface area contributed by atoms with E-state index in [4.69, 9.17) is 9.73 Å². The number of hydrogen-bond acceptors (Lipinski definition) is 4. The van der Waals surface area contributed by atoms with Gasteiger partial charge in [0.2, 0.25) is 0 Å². The van der Waals surface area contributed by atoms with Gasteiger partial charge in [-0.05, 0) is 72.9 Å². The summed E-state index contributed by atoms with van der Waals surface area (Å²) in [6.45, 7) is 16.4. The summed E-state index contributed by atoms with van der Waals surface area (Å²) in [4.78, 5) is 19.5. The van der Waals surface area contributed by atoms with Crippen LogP contribution >= 0.6 is 0 Å². The lowest BCUT2D eigenvalue weighted by molar-refractivity contribution is 0.0452. The maximum atomic E-state index is 12.3. The summed E-state index contributed by atoms with van der Waals surface area (Å²) in [6, 6.07) is 0. The Morgan fingerprint density at radius 1 is 1.18 bits per heavy atom. The number of alkyl carbamates (subject to hydrolysis) is 1. The van der Waals surface area contributed by atoms with E-state index < -0.39 is 11.1 Å². The Balaban J connectivity index is 2.71. The van der Waals surface area contributed by atoms with Gasteiger partial charge in [-0.2, -0.15) is 0 Å². The topological polar surface area (TPSA) is 78.0 Å². The van der Waals surface area contributed by atoms with Gasteiger partial charge in [-0.15, -0.1) is 0 Å². The third-order valence-corrected chi connectivity index (χ3v) is 5.28. The Morgan fingerprint density at radius 3 is 2.39 bits per heavy atom. The third kappa shape index (κ3) is 9.13. The van der Waals surface area contributed by atoms with Crippen molar-refractivity contribution in [1.82, 2.24) is 20.9 Å². The number of aliphatic imine (C=N–C) groups is 1. The normalized spacial score (nSPS) is 19.2. The fraction of sp³-hybridized carbons (Fsp3) is 0.905. The first-order chi connectivity index (χ1) is 13.1. The molecule has 1 aliphatic heterocycles. The Labute approximate surface area is 172 Å². The number of guanidine groups is 1. The Kier molecular flexibility index (Phi) is 10.1. The number of rotatable bonds is 8. The van der Waals surface area contributed by atoms with E-state index >= 15 is 0 Å². The van der Waals surface area contributed by atoms with Crippen molar-refractivity contribution < 1.29 is 9.53 Å². The van der Waals surface area contributed by atoms with Gasteiger partial charge in [0.25, 0.3) is 0 Å². The summed E-state index contributed by atoms with van der Waals surface area (Å²) >= 11 is 0. The van der Waals surface area contributed by atoms with Crippen molar-refractivity contribution in [2.45, 2.75) is 78.4 Å². The minimum atomic E-state index is -0.510. The van der Waals surface area contributed by atoms with Gasteiger partial charge in [0.05, 0.1) is 12.1 Å². The van der Waals surface area contributed by atoms with E-state index in [1.165, 1.54) is 19.4 Å². The monoisotopic (exact) mass is 397 g/mol. The molecule has 0 aromatic rings. The molecule has 1 rings (SSSR count). The molecule has 0 aromatic carbocycles. The van der Waals surface area contributed by atoms with Gasteiger partial charge in [0.1, 0.15) is 5.60 Å². The molecule has 0 radical (unpaired) electrons. The van der Waals surface area contributed by atoms with Gasteiger partial charge in [0.15, 0.2) is 5.96 Å². The van der Waals surface area contributed by atoms with Crippen LogP contribution in [0.5, 0.6) is 0 Å². The van der Waals surface area contributed by atoms with Crippen LogP contribution < -0.4 is 16.0 Å². The zero-order valence-corrected chi connectivity index (χ0v) is 19.2. The summed E-state index contributed by atoms with van der Waals surface area (Å²) in [5.74, 6) is 1.46. The van der Waals surface area contributed by atoms with Crippen LogP contribution in [0.15, 0.2) is 4.99 Å². The zero-order valence-electron chi connectivity index (χ0n) is 19.2. The molecule has 0 spiro atoms. The second-order valence-electron chi connectivity index (χ2n) is 8.96. The molecular formula is C21H43N5O2. The molecule has 1 fully saturated rings. The first kappa shape index (κ1) is 24.5. The van der Waals surface area contributed by atoms with Gasteiger partial charge in [-0.3, -0.25) is 4.99 Å². The van der Waals surface area contributed by atoms with Gasteiger partial charge in [-0.25, -0.2) is 4.79 Å². The predicted molar refractivity (Wildman–Crippen MR) is 117 cm³/mol. The summed E-state index contributed by atoms with van der Waals surface area (Å²) < 4.78 is 5.45. The summed E-state index contributed by atoms with van der Waals surface area (Å²) in [5.41, 5.74) is -0.917. The van der Waals surface area contributed by atoms with Crippen LogP contribution in [-0.4, -0.2) is 67.9 Å². The van der Waals surface area contributed by atoms with Crippen LogP contribution in [0.4, 0.5) is 4.79 Å². The largest absolute Gasteiger partial charge is 0.444 e. The SMILES string of the molecule is CCNC(=NCC(CC)(CC)NC(=O)OC(C)(C)C)NCC1CCCN(C)C1. The van der Waals surface area contributed by atoms with Gasteiger partial charge >= 0.3 is 6.09 Å². The molecule has 1 unspecified atom stereocenters. The molecule has 0 aromatic heterocycles. The van der Waals surface area contributed by atoms with E-state index in [1.54, 1.807) is 0 Å². The van der Waals surface area contributed by atoms with E-state index in [1.807, 2.05) is 20.8 Å². The highest BCUT2D eigenvalue weighted by molar-refractivity contribution is 5.79. The van der Waals surface area contributed by atoms with Crippen LogP contribution in [0, 0.1) is 5.92 Å². The fourth-order valence-corrected chi connectivity index (χ4v) is 3.46. The van der Waals surface area contributed by atoms with Crippen LogP contribution in [0.25, 0.3) is 0 Å². The van der Waals surface area contributed by atoms with Crippen LogP contribution in [0.3, 0.4) is 0 Å². The van der Waals surface area contributed by atoms with Crippen molar-refractivity contribution in [3.05, 3.63) is 0 Å². The first-order valence-electron chi connectivity index (χ1n) is 10.8. The molecule has 1 aliphatic rings. The Hall–Kier alpha value is -1.50. The van der Waals surface area contributed by atoms with Gasteiger partial charge in [-0.1, -0.05) is 13.8 Å². The van der Waals surface area contributed by atoms with Gasteiger partial charge in [0, 0.05) is 19.6 Å². The first-order valence-corrected chi connectivity index (χ1v) is 10.8. The molecule has 1 heterocycles.